The van der Waals surface area contributed by atoms with Gasteiger partial charge in [0.15, 0.2) is 46.5 Å². The normalized spacial score (nSPS) is 15.1. The maximum absolute atomic E-state index is 14.2. The molecule has 0 spiro atoms. The molecule has 0 amide bonds. The number of benzene rings is 2. The minimum atomic E-state index is -2.62. The standard InChI is InChI=1S/C14H4F9O2P/c15-5-3(6(16)10(20)11(21)9(5)19)4-7(17)12(22)14(13(23)8(4)18)26-24-1-2-25-26/h1-2H2. The molecular formula is C14H4F9O2P. The van der Waals surface area contributed by atoms with Gasteiger partial charge in [-0.05, 0) is 0 Å². The van der Waals surface area contributed by atoms with Crippen LogP contribution in [-0.2, 0) is 9.05 Å². The van der Waals surface area contributed by atoms with E-state index in [2.05, 4.69) is 0 Å². The van der Waals surface area contributed by atoms with Gasteiger partial charge in [0, 0.05) is 0 Å². The Kier molecular flexibility index (Phi) is 4.89. The van der Waals surface area contributed by atoms with Gasteiger partial charge in [-0.15, -0.1) is 0 Å². The first-order valence-corrected chi connectivity index (χ1v) is 7.79. The predicted octanol–water partition coefficient (Wildman–Crippen LogP) is 4.59. The van der Waals surface area contributed by atoms with E-state index in [-0.39, 0.29) is 13.2 Å². The number of halogens is 9. The third kappa shape index (κ3) is 2.65. The Bertz CT molecular complexity index is 854. The molecule has 3 rings (SSSR count). The lowest BCUT2D eigenvalue weighted by molar-refractivity contribution is 0.365. The van der Waals surface area contributed by atoms with Gasteiger partial charge in [0.25, 0.3) is 0 Å². The highest BCUT2D eigenvalue weighted by molar-refractivity contribution is 7.56. The molecule has 0 atom stereocenters. The van der Waals surface area contributed by atoms with E-state index >= 15 is 0 Å². The molecule has 0 radical (unpaired) electrons. The van der Waals surface area contributed by atoms with Crippen molar-refractivity contribution in [1.82, 2.24) is 0 Å². The van der Waals surface area contributed by atoms with Crippen LogP contribution in [0.1, 0.15) is 0 Å². The molecular weight excluding hydrogens is 402 g/mol. The number of hydrogen-bond acceptors (Lipinski definition) is 2. The lowest BCUT2D eigenvalue weighted by atomic mass is 10.0. The first-order valence-electron chi connectivity index (χ1n) is 6.62. The van der Waals surface area contributed by atoms with Crippen LogP contribution in [0, 0.1) is 52.4 Å². The van der Waals surface area contributed by atoms with Crippen LogP contribution in [0.4, 0.5) is 39.5 Å². The van der Waals surface area contributed by atoms with E-state index < -0.39 is 77.2 Å². The molecule has 1 heterocycles. The van der Waals surface area contributed by atoms with Gasteiger partial charge in [-0.3, -0.25) is 0 Å². The topological polar surface area (TPSA) is 18.5 Å². The monoisotopic (exact) mass is 406 g/mol. The van der Waals surface area contributed by atoms with Crippen LogP contribution in [0.2, 0.25) is 0 Å². The van der Waals surface area contributed by atoms with Gasteiger partial charge in [0.1, 0.15) is 5.30 Å². The molecule has 12 heteroatoms. The fraction of sp³-hybridized carbons (Fsp3) is 0.143. The van der Waals surface area contributed by atoms with Crippen LogP contribution >= 0.6 is 8.38 Å². The fourth-order valence-corrected chi connectivity index (χ4v) is 3.56. The molecule has 1 aliphatic heterocycles. The van der Waals surface area contributed by atoms with Gasteiger partial charge in [-0.1, -0.05) is 0 Å². The minimum Gasteiger partial charge on any atom is -0.328 e. The van der Waals surface area contributed by atoms with E-state index in [4.69, 9.17) is 9.05 Å². The van der Waals surface area contributed by atoms with Crippen molar-refractivity contribution in [2.75, 3.05) is 13.2 Å². The number of hydrogen-bond donors (Lipinski definition) is 0. The van der Waals surface area contributed by atoms with Crippen LogP contribution in [-0.4, -0.2) is 13.2 Å². The Hall–Kier alpha value is -1.84. The molecule has 2 aromatic rings. The zero-order chi connectivity index (χ0) is 19.3. The summed E-state index contributed by atoms with van der Waals surface area (Å²) in [7, 11) is -2.55. The Morgan fingerprint density at radius 1 is 0.462 bits per heavy atom. The van der Waals surface area contributed by atoms with Gasteiger partial charge in [-0.25, -0.2) is 39.5 Å². The van der Waals surface area contributed by atoms with Crippen molar-refractivity contribution in [2.45, 2.75) is 0 Å². The highest BCUT2D eigenvalue weighted by atomic mass is 31.2. The Balaban J connectivity index is 2.35. The summed E-state index contributed by atoms with van der Waals surface area (Å²) >= 11 is 0. The highest BCUT2D eigenvalue weighted by Gasteiger charge is 2.37. The summed E-state index contributed by atoms with van der Waals surface area (Å²) in [6, 6.07) is 0. The molecule has 2 nitrogen and oxygen atoms in total. The van der Waals surface area contributed by atoms with E-state index in [0.717, 1.165) is 0 Å². The maximum Gasteiger partial charge on any atom is 0.211 e. The molecule has 0 aliphatic carbocycles. The van der Waals surface area contributed by atoms with Crippen molar-refractivity contribution in [1.29, 1.82) is 0 Å². The molecule has 0 bridgehead atoms. The fourth-order valence-electron chi connectivity index (χ4n) is 2.23. The molecule has 140 valence electrons. The lowest BCUT2D eigenvalue weighted by Gasteiger charge is -2.16. The summed E-state index contributed by atoms with van der Waals surface area (Å²) in [5.74, 6) is -21.9. The largest absolute Gasteiger partial charge is 0.328 e. The zero-order valence-corrected chi connectivity index (χ0v) is 13.0. The van der Waals surface area contributed by atoms with Crippen molar-refractivity contribution in [2.24, 2.45) is 0 Å². The molecule has 1 fully saturated rings. The van der Waals surface area contributed by atoms with E-state index in [1.807, 2.05) is 0 Å². The van der Waals surface area contributed by atoms with Crippen LogP contribution < -0.4 is 5.30 Å². The second-order valence-corrected chi connectivity index (χ2v) is 6.33. The molecule has 2 aromatic carbocycles. The highest BCUT2D eigenvalue weighted by Crippen LogP contribution is 2.45. The summed E-state index contributed by atoms with van der Waals surface area (Å²) in [5, 5.41) is -1.31. The number of rotatable bonds is 2. The summed E-state index contributed by atoms with van der Waals surface area (Å²) in [5.41, 5.74) is -4.22. The summed E-state index contributed by atoms with van der Waals surface area (Å²) in [4.78, 5) is 0. The second-order valence-electron chi connectivity index (χ2n) is 4.85. The Morgan fingerprint density at radius 2 is 0.769 bits per heavy atom. The smallest absolute Gasteiger partial charge is 0.211 e. The Morgan fingerprint density at radius 3 is 1.15 bits per heavy atom. The third-order valence-electron chi connectivity index (χ3n) is 3.38. The van der Waals surface area contributed by atoms with E-state index in [1.54, 1.807) is 0 Å². The quantitative estimate of drug-likeness (QED) is 0.315. The van der Waals surface area contributed by atoms with Gasteiger partial charge in [0.2, 0.25) is 14.2 Å². The molecule has 1 saturated heterocycles. The molecule has 26 heavy (non-hydrogen) atoms. The van der Waals surface area contributed by atoms with Crippen LogP contribution in [0.5, 0.6) is 0 Å². The SMILES string of the molecule is Fc1c(F)c(F)c(-c2c(F)c(F)c(P3OCCO3)c(F)c2F)c(F)c1F. The van der Waals surface area contributed by atoms with Gasteiger partial charge in [0.05, 0.1) is 24.3 Å². The first kappa shape index (κ1) is 18.9. The van der Waals surface area contributed by atoms with Gasteiger partial charge < -0.3 is 9.05 Å². The Labute approximate surface area is 140 Å². The maximum atomic E-state index is 14.2. The third-order valence-corrected chi connectivity index (χ3v) is 4.97. The predicted molar refractivity (Wildman–Crippen MR) is 70.0 cm³/mol. The van der Waals surface area contributed by atoms with Crippen molar-refractivity contribution in [3.8, 4) is 11.1 Å². The average Bonchev–Trinajstić information content (AvgIpc) is 3.14. The van der Waals surface area contributed by atoms with Gasteiger partial charge in [-0.2, -0.15) is 0 Å². The minimum absolute atomic E-state index is 0.132. The van der Waals surface area contributed by atoms with Crippen molar-refractivity contribution in [3.05, 3.63) is 52.4 Å². The molecule has 0 N–H and O–H groups in total. The van der Waals surface area contributed by atoms with E-state index in [9.17, 15) is 39.5 Å². The molecule has 0 unspecified atom stereocenters. The molecule has 1 aliphatic rings. The summed E-state index contributed by atoms with van der Waals surface area (Å²) in [6.45, 7) is -0.263. The van der Waals surface area contributed by atoms with Crippen molar-refractivity contribution < 1.29 is 48.6 Å². The van der Waals surface area contributed by atoms with Crippen LogP contribution in [0.25, 0.3) is 11.1 Å². The van der Waals surface area contributed by atoms with Gasteiger partial charge >= 0.3 is 0 Å². The van der Waals surface area contributed by atoms with Crippen LogP contribution in [0.3, 0.4) is 0 Å². The first-order chi connectivity index (χ1) is 12.2. The summed E-state index contributed by atoms with van der Waals surface area (Å²) < 4.78 is 133. The van der Waals surface area contributed by atoms with E-state index in [1.165, 1.54) is 0 Å². The molecule has 0 saturated carbocycles. The second kappa shape index (κ2) is 6.71. The van der Waals surface area contributed by atoms with Crippen molar-refractivity contribution >= 4 is 13.7 Å². The average molecular weight is 406 g/mol. The zero-order valence-electron chi connectivity index (χ0n) is 12.1. The molecule has 0 aromatic heterocycles. The lowest BCUT2D eigenvalue weighted by Crippen LogP contribution is -2.19. The van der Waals surface area contributed by atoms with Crippen molar-refractivity contribution in [3.63, 3.8) is 0 Å². The van der Waals surface area contributed by atoms with Crippen LogP contribution in [0.15, 0.2) is 0 Å². The summed E-state index contributed by atoms with van der Waals surface area (Å²) in [6.07, 6.45) is 0. The van der Waals surface area contributed by atoms with E-state index in [0.29, 0.717) is 0 Å².